The topological polar surface area (TPSA) is 92.4 Å². The van der Waals surface area contributed by atoms with Gasteiger partial charge in [0.05, 0.1) is 5.56 Å². The van der Waals surface area contributed by atoms with Gasteiger partial charge < -0.3 is 16.2 Å². The zero-order valence-electron chi connectivity index (χ0n) is 11.3. The summed E-state index contributed by atoms with van der Waals surface area (Å²) in [7, 11) is 0. The summed E-state index contributed by atoms with van der Waals surface area (Å²) in [6.45, 7) is 3.82. The number of nitrogens with two attached hydrogens (primary N) is 1. The van der Waals surface area contributed by atoms with E-state index in [1.165, 1.54) is 0 Å². The quantitative estimate of drug-likeness (QED) is 0.685. The number of nitrogen functional groups attached to an aromatic ring is 1. The van der Waals surface area contributed by atoms with Crippen molar-refractivity contribution in [2.75, 3.05) is 5.73 Å². The van der Waals surface area contributed by atoms with Crippen LogP contribution in [0.3, 0.4) is 0 Å². The lowest BCUT2D eigenvalue weighted by Crippen LogP contribution is -2.41. The number of carbonyl (C=O) groups excluding carboxylic acids is 1. The molecule has 0 aliphatic heterocycles. The van der Waals surface area contributed by atoms with Crippen molar-refractivity contribution in [2.24, 2.45) is 0 Å². The standard InChI is InChI=1S/C14H20N2O3/c1-3-4-5-12(14(18)19)16-13(17)10-8-9(2)6-7-11(10)15/h6-8,12H,3-5,15H2,1-2H3,(H,16,17)(H,18,19)/t12-/m0/s1. The fourth-order valence-electron chi connectivity index (χ4n) is 1.77. The van der Waals surface area contributed by atoms with Crippen LogP contribution in [0, 0.1) is 6.92 Å². The summed E-state index contributed by atoms with van der Waals surface area (Å²) in [6.07, 6.45) is 2.05. The van der Waals surface area contributed by atoms with Gasteiger partial charge in [0.2, 0.25) is 0 Å². The van der Waals surface area contributed by atoms with Crippen LogP contribution in [0.4, 0.5) is 5.69 Å². The number of amides is 1. The molecule has 1 amide bonds. The molecular weight excluding hydrogens is 244 g/mol. The number of aliphatic carboxylic acids is 1. The Hall–Kier alpha value is -2.04. The molecule has 19 heavy (non-hydrogen) atoms. The Morgan fingerprint density at radius 1 is 1.42 bits per heavy atom. The summed E-state index contributed by atoms with van der Waals surface area (Å²) in [5.41, 5.74) is 7.31. The fourth-order valence-corrected chi connectivity index (χ4v) is 1.77. The maximum absolute atomic E-state index is 12.0. The third-order valence-electron chi connectivity index (χ3n) is 2.90. The van der Waals surface area contributed by atoms with Crippen LogP contribution in [-0.4, -0.2) is 23.0 Å². The van der Waals surface area contributed by atoms with E-state index in [2.05, 4.69) is 5.32 Å². The third-order valence-corrected chi connectivity index (χ3v) is 2.90. The first kappa shape index (κ1) is 15.0. The molecule has 0 aliphatic carbocycles. The van der Waals surface area contributed by atoms with Crippen LogP contribution in [0.1, 0.15) is 42.1 Å². The largest absolute Gasteiger partial charge is 0.480 e. The second-order valence-corrected chi connectivity index (χ2v) is 4.60. The van der Waals surface area contributed by atoms with Crippen molar-refractivity contribution in [1.29, 1.82) is 0 Å². The van der Waals surface area contributed by atoms with Crippen molar-refractivity contribution >= 4 is 17.6 Å². The molecule has 5 nitrogen and oxygen atoms in total. The van der Waals surface area contributed by atoms with Crippen LogP contribution >= 0.6 is 0 Å². The molecule has 0 aliphatic rings. The molecule has 1 aromatic rings. The van der Waals surface area contributed by atoms with Crippen LogP contribution in [0.25, 0.3) is 0 Å². The number of hydrogen-bond acceptors (Lipinski definition) is 3. The van der Waals surface area contributed by atoms with E-state index in [0.29, 0.717) is 17.7 Å². The molecule has 0 radical (unpaired) electrons. The number of hydrogen-bond donors (Lipinski definition) is 3. The molecule has 0 saturated heterocycles. The molecule has 0 unspecified atom stereocenters. The summed E-state index contributed by atoms with van der Waals surface area (Å²) < 4.78 is 0. The van der Waals surface area contributed by atoms with Gasteiger partial charge in [-0.05, 0) is 25.5 Å². The lowest BCUT2D eigenvalue weighted by Gasteiger charge is -2.15. The molecule has 4 N–H and O–H groups in total. The maximum Gasteiger partial charge on any atom is 0.326 e. The highest BCUT2D eigenvalue weighted by atomic mass is 16.4. The van der Waals surface area contributed by atoms with Gasteiger partial charge in [-0.3, -0.25) is 4.79 Å². The normalized spacial score (nSPS) is 11.9. The van der Waals surface area contributed by atoms with Crippen LogP contribution in [0.2, 0.25) is 0 Å². The minimum atomic E-state index is -1.02. The van der Waals surface area contributed by atoms with Gasteiger partial charge in [0, 0.05) is 5.69 Å². The first-order valence-corrected chi connectivity index (χ1v) is 6.35. The number of aryl methyl sites for hydroxylation is 1. The smallest absolute Gasteiger partial charge is 0.326 e. The molecule has 0 fully saturated rings. The third kappa shape index (κ3) is 4.28. The van der Waals surface area contributed by atoms with Gasteiger partial charge in [-0.25, -0.2) is 4.79 Å². The van der Waals surface area contributed by atoms with Crippen molar-refractivity contribution in [3.05, 3.63) is 29.3 Å². The van der Waals surface area contributed by atoms with Crippen LogP contribution in [-0.2, 0) is 4.79 Å². The summed E-state index contributed by atoms with van der Waals surface area (Å²) in [5, 5.41) is 11.6. The lowest BCUT2D eigenvalue weighted by molar-refractivity contribution is -0.139. The van der Waals surface area contributed by atoms with Crippen LogP contribution < -0.4 is 11.1 Å². The highest BCUT2D eigenvalue weighted by Gasteiger charge is 2.21. The van der Waals surface area contributed by atoms with E-state index < -0.39 is 17.9 Å². The monoisotopic (exact) mass is 264 g/mol. The van der Waals surface area contributed by atoms with Gasteiger partial charge >= 0.3 is 5.97 Å². The number of carboxylic acid groups (broad SMARTS) is 1. The molecule has 0 bridgehead atoms. The summed E-state index contributed by atoms with van der Waals surface area (Å²) in [6, 6.07) is 4.24. The first-order valence-electron chi connectivity index (χ1n) is 6.35. The first-order chi connectivity index (χ1) is 8.95. The van der Waals surface area contributed by atoms with E-state index in [-0.39, 0.29) is 0 Å². The van der Waals surface area contributed by atoms with Gasteiger partial charge in [0.15, 0.2) is 0 Å². The van der Waals surface area contributed by atoms with Crippen molar-refractivity contribution in [3.8, 4) is 0 Å². The number of unbranched alkanes of at least 4 members (excludes halogenated alkanes) is 1. The molecule has 5 heteroatoms. The number of carbonyl (C=O) groups is 2. The van der Waals surface area contributed by atoms with E-state index in [4.69, 9.17) is 10.8 Å². The van der Waals surface area contributed by atoms with Crippen LogP contribution in [0.15, 0.2) is 18.2 Å². The average Bonchev–Trinajstić information content (AvgIpc) is 2.36. The van der Waals surface area contributed by atoms with Crippen molar-refractivity contribution in [1.82, 2.24) is 5.32 Å². The number of benzene rings is 1. The van der Waals surface area contributed by atoms with Crippen LogP contribution in [0.5, 0.6) is 0 Å². The lowest BCUT2D eigenvalue weighted by atomic mass is 10.1. The van der Waals surface area contributed by atoms with E-state index in [1.54, 1.807) is 18.2 Å². The van der Waals surface area contributed by atoms with Gasteiger partial charge in [-0.2, -0.15) is 0 Å². The second-order valence-electron chi connectivity index (χ2n) is 4.60. The summed E-state index contributed by atoms with van der Waals surface area (Å²) in [5.74, 6) is -1.46. The minimum Gasteiger partial charge on any atom is -0.480 e. The van der Waals surface area contributed by atoms with Crippen molar-refractivity contribution in [3.63, 3.8) is 0 Å². The number of nitrogens with one attached hydrogen (secondary N) is 1. The van der Waals surface area contributed by atoms with Gasteiger partial charge in [0.1, 0.15) is 6.04 Å². The van der Waals surface area contributed by atoms with Gasteiger partial charge in [0.25, 0.3) is 5.91 Å². The SMILES string of the molecule is CCCC[C@H](NC(=O)c1cc(C)ccc1N)C(=O)O. The van der Waals surface area contributed by atoms with E-state index in [9.17, 15) is 9.59 Å². The molecule has 104 valence electrons. The van der Waals surface area contributed by atoms with E-state index >= 15 is 0 Å². The zero-order valence-corrected chi connectivity index (χ0v) is 11.3. The Bertz CT molecular complexity index is 472. The number of rotatable bonds is 6. The molecular formula is C14H20N2O3. The Balaban J connectivity index is 2.81. The summed E-state index contributed by atoms with van der Waals surface area (Å²) >= 11 is 0. The fraction of sp³-hybridized carbons (Fsp3) is 0.429. The Labute approximate surface area is 112 Å². The maximum atomic E-state index is 12.0. The minimum absolute atomic E-state index is 0.322. The molecule has 1 atom stereocenters. The molecule has 0 spiro atoms. The van der Waals surface area contributed by atoms with Crippen molar-refractivity contribution < 1.29 is 14.7 Å². The molecule has 0 aromatic heterocycles. The second kappa shape index (κ2) is 6.78. The average molecular weight is 264 g/mol. The predicted octanol–water partition coefficient (Wildman–Crippen LogP) is 1.95. The Kier molecular flexibility index (Phi) is 5.36. The number of anilines is 1. The highest BCUT2D eigenvalue weighted by molar-refractivity contribution is 6.01. The molecule has 1 rings (SSSR count). The van der Waals surface area contributed by atoms with Crippen molar-refractivity contribution in [2.45, 2.75) is 39.2 Å². The zero-order chi connectivity index (χ0) is 14.4. The van der Waals surface area contributed by atoms with E-state index in [0.717, 1.165) is 18.4 Å². The van der Waals surface area contributed by atoms with E-state index in [1.807, 2.05) is 13.8 Å². The molecule has 0 saturated carbocycles. The molecule has 1 aromatic carbocycles. The Morgan fingerprint density at radius 3 is 2.68 bits per heavy atom. The van der Waals surface area contributed by atoms with Gasteiger partial charge in [-0.15, -0.1) is 0 Å². The highest BCUT2D eigenvalue weighted by Crippen LogP contribution is 2.14. The predicted molar refractivity (Wildman–Crippen MR) is 74.0 cm³/mol. The molecule has 0 heterocycles. The number of carboxylic acids is 1. The van der Waals surface area contributed by atoms with Gasteiger partial charge in [-0.1, -0.05) is 31.4 Å². The summed E-state index contributed by atoms with van der Waals surface area (Å²) in [4.78, 5) is 23.1. The Morgan fingerprint density at radius 2 is 2.11 bits per heavy atom.